The van der Waals surface area contributed by atoms with Gasteiger partial charge in [-0.15, -0.1) is 0 Å². The molecule has 0 heterocycles. The van der Waals surface area contributed by atoms with Gasteiger partial charge in [0, 0.05) is 13.2 Å². The number of aryl methyl sites for hydroxylation is 2. The molecule has 0 aliphatic carbocycles. The van der Waals surface area contributed by atoms with Crippen molar-refractivity contribution in [2.45, 2.75) is 27.2 Å². The summed E-state index contributed by atoms with van der Waals surface area (Å²) >= 11 is 0. The second kappa shape index (κ2) is 7.79. The molecule has 1 amide bonds. The smallest absolute Gasteiger partial charge is 0.257 e. The van der Waals surface area contributed by atoms with Crippen molar-refractivity contribution in [2.24, 2.45) is 5.92 Å². The number of ether oxygens (including phenoxy) is 1. The van der Waals surface area contributed by atoms with Crippen molar-refractivity contribution in [3.05, 3.63) is 29.3 Å². The highest BCUT2D eigenvalue weighted by atomic mass is 16.5. The van der Waals surface area contributed by atoms with Crippen LogP contribution in [0.15, 0.2) is 18.2 Å². The number of nitrogens with one attached hydrogen (secondary N) is 1. The van der Waals surface area contributed by atoms with Crippen LogP contribution in [0.4, 0.5) is 0 Å². The normalized spacial score (nSPS) is 12.0. The Bertz CT molecular complexity index is 418. The van der Waals surface area contributed by atoms with Crippen LogP contribution in [0.25, 0.3) is 0 Å². The summed E-state index contributed by atoms with van der Waals surface area (Å²) < 4.78 is 5.43. The van der Waals surface area contributed by atoms with E-state index in [9.17, 15) is 4.79 Å². The van der Waals surface area contributed by atoms with E-state index in [1.807, 2.05) is 39.0 Å². The lowest BCUT2D eigenvalue weighted by Crippen LogP contribution is -2.32. The fourth-order valence-electron chi connectivity index (χ4n) is 1.61. The van der Waals surface area contributed by atoms with Crippen LogP contribution >= 0.6 is 0 Å². The molecular formula is C15H23NO3. The van der Waals surface area contributed by atoms with Gasteiger partial charge in [-0.25, -0.2) is 0 Å². The average Bonchev–Trinajstić information content (AvgIpc) is 2.38. The number of hydrogen-bond acceptors (Lipinski definition) is 3. The molecular weight excluding hydrogens is 242 g/mol. The molecule has 0 saturated heterocycles. The van der Waals surface area contributed by atoms with Crippen molar-refractivity contribution in [1.29, 1.82) is 0 Å². The molecule has 0 bridgehead atoms. The summed E-state index contributed by atoms with van der Waals surface area (Å²) in [5.41, 5.74) is 2.35. The van der Waals surface area contributed by atoms with Crippen LogP contribution in [0.1, 0.15) is 24.5 Å². The van der Waals surface area contributed by atoms with E-state index < -0.39 is 0 Å². The molecule has 19 heavy (non-hydrogen) atoms. The third-order valence-electron chi connectivity index (χ3n) is 3.12. The molecule has 0 radical (unpaired) electrons. The molecule has 0 fully saturated rings. The van der Waals surface area contributed by atoms with E-state index in [-0.39, 0.29) is 25.0 Å². The number of amides is 1. The van der Waals surface area contributed by atoms with Crippen molar-refractivity contribution in [2.75, 3.05) is 19.8 Å². The number of hydrogen-bond donors (Lipinski definition) is 2. The Balaban J connectivity index is 2.31. The molecule has 0 aromatic heterocycles. The molecule has 4 nitrogen and oxygen atoms in total. The van der Waals surface area contributed by atoms with Gasteiger partial charge in [0.25, 0.3) is 5.91 Å². The number of carbonyl (C=O) groups excluding carboxylic acids is 1. The van der Waals surface area contributed by atoms with E-state index >= 15 is 0 Å². The fourth-order valence-corrected chi connectivity index (χ4v) is 1.61. The third-order valence-corrected chi connectivity index (χ3v) is 3.12. The van der Waals surface area contributed by atoms with Gasteiger partial charge in [-0.05, 0) is 49.4 Å². The summed E-state index contributed by atoms with van der Waals surface area (Å²) in [6.45, 7) is 6.77. The molecule has 1 unspecified atom stereocenters. The predicted molar refractivity (Wildman–Crippen MR) is 75.3 cm³/mol. The molecule has 1 rings (SSSR count). The summed E-state index contributed by atoms with van der Waals surface area (Å²) in [6.07, 6.45) is 0.693. The first kappa shape index (κ1) is 15.5. The Kier molecular flexibility index (Phi) is 6.36. The SMILES string of the molecule is Cc1ccc(OCC(=O)NCC(C)CCO)cc1C. The molecule has 1 aromatic carbocycles. The molecule has 0 aliphatic rings. The fraction of sp³-hybridized carbons (Fsp3) is 0.533. The van der Waals surface area contributed by atoms with Crippen LogP contribution in [0, 0.1) is 19.8 Å². The van der Waals surface area contributed by atoms with Crippen molar-refractivity contribution in [3.8, 4) is 5.75 Å². The molecule has 0 spiro atoms. The zero-order valence-electron chi connectivity index (χ0n) is 11.9. The lowest BCUT2D eigenvalue weighted by atomic mass is 10.1. The van der Waals surface area contributed by atoms with Crippen LogP contribution in [0.3, 0.4) is 0 Å². The van der Waals surface area contributed by atoms with Crippen LogP contribution in [-0.4, -0.2) is 30.8 Å². The van der Waals surface area contributed by atoms with Gasteiger partial charge in [-0.1, -0.05) is 13.0 Å². The second-order valence-electron chi connectivity index (χ2n) is 4.96. The van der Waals surface area contributed by atoms with E-state index in [4.69, 9.17) is 9.84 Å². The van der Waals surface area contributed by atoms with E-state index in [1.165, 1.54) is 5.56 Å². The van der Waals surface area contributed by atoms with Crippen LogP contribution < -0.4 is 10.1 Å². The lowest BCUT2D eigenvalue weighted by molar-refractivity contribution is -0.123. The van der Waals surface area contributed by atoms with Gasteiger partial charge < -0.3 is 15.2 Å². The van der Waals surface area contributed by atoms with Gasteiger partial charge in [0.1, 0.15) is 5.75 Å². The van der Waals surface area contributed by atoms with E-state index in [0.29, 0.717) is 18.7 Å². The minimum atomic E-state index is -0.136. The average molecular weight is 265 g/mol. The summed E-state index contributed by atoms with van der Waals surface area (Å²) in [5.74, 6) is 0.847. The minimum absolute atomic E-state index is 0.0222. The van der Waals surface area contributed by atoms with Gasteiger partial charge in [0.15, 0.2) is 6.61 Å². The number of aliphatic hydroxyl groups excluding tert-OH is 1. The topological polar surface area (TPSA) is 58.6 Å². The van der Waals surface area contributed by atoms with Crippen LogP contribution in [0.2, 0.25) is 0 Å². The summed E-state index contributed by atoms with van der Waals surface area (Å²) in [7, 11) is 0. The maximum absolute atomic E-state index is 11.6. The maximum atomic E-state index is 11.6. The van der Waals surface area contributed by atoms with E-state index in [1.54, 1.807) is 0 Å². The highest BCUT2D eigenvalue weighted by Crippen LogP contribution is 2.16. The molecule has 0 aliphatic heterocycles. The van der Waals surface area contributed by atoms with Crippen LogP contribution in [-0.2, 0) is 4.79 Å². The molecule has 1 atom stereocenters. The maximum Gasteiger partial charge on any atom is 0.257 e. The summed E-state index contributed by atoms with van der Waals surface area (Å²) in [5, 5.41) is 11.6. The Labute approximate surface area is 114 Å². The number of carbonyl (C=O) groups is 1. The summed E-state index contributed by atoms with van der Waals surface area (Å²) in [6, 6.07) is 5.77. The van der Waals surface area contributed by atoms with Crippen molar-refractivity contribution in [3.63, 3.8) is 0 Å². The van der Waals surface area contributed by atoms with Gasteiger partial charge in [-0.3, -0.25) is 4.79 Å². The first-order chi connectivity index (χ1) is 9.02. The Morgan fingerprint density at radius 3 is 2.74 bits per heavy atom. The summed E-state index contributed by atoms with van der Waals surface area (Å²) in [4.78, 5) is 11.6. The first-order valence-electron chi connectivity index (χ1n) is 6.60. The Morgan fingerprint density at radius 1 is 1.37 bits per heavy atom. The van der Waals surface area contributed by atoms with Crippen molar-refractivity contribution in [1.82, 2.24) is 5.32 Å². The van der Waals surface area contributed by atoms with Crippen molar-refractivity contribution < 1.29 is 14.6 Å². The molecule has 106 valence electrons. The van der Waals surface area contributed by atoms with Crippen molar-refractivity contribution >= 4 is 5.91 Å². The monoisotopic (exact) mass is 265 g/mol. The zero-order valence-corrected chi connectivity index (χ0v) is 11.9. The molecule has 0 saturated carbocycles. The van der Waals surface area contributed by atoms with E-state index in [0.717, 1.165) is 5.56 Å². The number of benzene rings is 1. The standard InChI is InChI=1S/C15H23NO3/c1-11(6-7-17)9-16-15(18)10-19-14-5-4-12(2)13(3)8-14/h4-5,8,11,17H,6-7,9-10H2,1-3H3,(H,16,18). The second-order valence-corrected chi connectivity index (χ2v) is 4.96. The van der Waals surface area contributed by atoms with E-state index in [2.05, 4.69) is 5.32 Å². The van der Waals surface area contributed by atoms with Crippen LogP contribution in [0.5, 0.6) is 5.75 Å². The molecule has 4 heteroatoms. The highest BCUT2D eigenvalue weighted by molar-refractivity contribution is 5.77. The zero-order chi connectivity index (χ0) is 14.3. The Morgan fingerprint density at radius 2 is 2.11 bits per heavy atom. The van der Waals surface area contributed by atoms with Gasteiger partial charge in [-0.2, -0.15) is 0 Å². The molecule has 2 N–H and O–H groups in total. The first-order valence-corrected chi connectivity index (χ1v) is 6.60. The predicted octanol–water partition coefficient (Wildman–Crippen LogP) is 1.82. The Hall–Kier alpha value is -1.55. The lowest BCUT2D eigenvalue weighted by Gasteiger charge is -2.12. The van der Waals surface area contributed by atoms with Gasteiger partial charge >= 0.3 is 0 Å². The quantitative estimate of drug-likeness (QED) is 0.790. The third kappa shape index (κ3) is 5.75. The highest BCUT2D eigenvalue weighted by Gasteiger charge is 2.06. The number of aliphatic hydroxyl groups is 1. The van der Waals surface area contributed by atoms with Gasteiger partial charge in [0.05, 0.1) is 0 Å². The van der Waals surface area contributed by atoms with Gasteiger partial charge in [0.2, 0.25) is 0 Å². The minimum Gasteiger partial charge on any atom is -0.484 e. The largest absolute Gasteiger partial charge is 0.484 e. The molecule has 1 aromatic rings. The number of rotatable bonds is 7.